The fourth-order valence-corrected chi connectivity index (χ4v) is 0.598. The van der Waals surface area contributed by atoms with Gasteiger partial charge in [0.1, 0.15) is 12.2 Å². The molecular weight excluding hydrogens is 148 g/mol. The molecule has 0 saturated heterocycles. The van der Waals surface area contributed by atoms with E-state index in [1.54, 1.807) is 0 Å². The van der Waals surface area contributed by atoms with E-state index in [1.807, 2.05) is 0 Å². The first-order valence-corrected chi connectivity index (χ1v) is 3.28. The number of hydrogen-bond acceptors (Lipinski definition) is 5. The second kappa shape index (κ2) is 4.40. The van der Waals surface area contributed by atoms with Crippen molar-refractivity contribution in [1.82, 2.24) is 0 Å². The van der Waals surface area contributed by atoms with Gasteiger partial charge in [0.15, 0.2) is 0 Å². The Morgan fingerprint density at radius 2 is 2.00 bits per heavy atom. The van der Waals surface area contributed by atoms with Crippen LogP contribution in [0.4, 0.5) is 0 Å². The van der Waals surface area contributed by atoms with Gasteiger partial charge in [-0.2, -0.15) is 0 Å². The third-order valence-electron chi connectivity index (χ3n) is 1.42. The van der Waals surface area contributed by atoms with E-state index >= 15 is 0 Å². The molecule has 5 heteroatoms. The molecule has 6 N–H and O–H groups in total. The van der Waals surface area contributed by atoms with Gasteiger partial charge in [-0.05, 0) is 6.92 Å². The molecule has 0 aliphatic rings. The van der Waals surface area contributed by atoms with Gasteiger partial charge >= 0.3 is 0 Å². The molecule has 66 valence electrons. The number of nitrogens with one attached hydrogen (secondary N) is 1. The Morgan fingerprint density at radius 3 is 2.27 bits per heavy atom. The third-order valence-corrected chi connectivity index (χ3v) is 1.42. The SMILES string of the molecule is CC(=N)[C@@H](O)C(O)C(N)CO. The fraction of sp³-hybridized carbons (Fsp3) is 0.833. The highest BCUT2D eigenvalue weighted by molar-refractivity contribution is 5.83. The molecular formula is C6H14N2O3. The van der Waals surface area contributed by atoms with Crippen LogP contribution in [0.3, 0.4) is 0 Å². The molecule has 0 aromatic heterocycles. The van der Waals surface area contributed by atoms with Crippen molar-refractivity contribution in [3.63, 3.8) is 0 Å². The molecule has 5 nitrogen and oxygen atoms in total. The molecule has 0 spiro atoms. The minimum atomic E-state index is -1.28. The van der Waals surface area contributed by atoms with Crippen LogP contribution in [0.5, 0.6) is 0 Å². The standard InChI is InChI=1S/C6H14N2O3/c1-3(7)5(10)6(11)4(8)2-9/h4-7,9-11H,2,8H2,1H3/t4?,5-,6?/m1/s1. The molecule has 0 aliphatic carbocycles. The predicted octanol–water partition coefficient (Wildman–Crippen LogP) is -1.93. The van der Waals surface area contributed by atoms with Gasteiger partial charge in [0, 0.05) is 5.71 Å². The molecule has 0 bridgehead atoms. The van der Waals surface area contributed by atoms with Crippen molar-refractivity contribution >= 4 is 5.71 Å². The molecule has 3 atom stereocenters. The maximum absolute atomic E-state index is 9.08. The normalized spacial score (nSPS) is 19.0. The van der Waals surface area contributed by atoms with E-state index in [1.165, 1.54) is 6.92 Å². The van der Waals surface area contributed by atoms with Crippen LogP contribution in [0.2, 0.25) is 0 Å². The number of rotatable bonds is 4. The van der Waals surface area contributed by atoms with E-state index in [9.17, 15) is 0 Å². The highest BCUT2D eigenvalue weighted by atomic mass is 16.3. The molecule has 0 fully saturated rings. The van der Waals surface area contributed by atoms with E-state index in [4.69, 9.17) is 26.5 Å². The lowest BCUT2D eigenvalue weighted by Gasteiger charge is -2.21. The Bertz CT molecular complexity index is 140. The van der Waals surface area contributed by atoms with Crippen LogP contribution in [0.1, 0.15) is 6.92 Å². The second-order valence-corrected chi connectivity index (χ2v) is 2.46. The number of aliphatic hydroxyl groups excluding tert-OH is 3. The van der Waals surface area contributed by atoms with Crippen LogP contribution in [-0.2, 0) is 0 Å². The molecule has 0 amide bonds. The van der Waals surface area contributed by atoms with E-state index in [0.29, 0.717) is 0 Å². The predicted molar refractivity (Wildman–Crippen MR) is 40.5 cm³/mol. The smallest absolute Gasteiger partial charge is 0.118 e. The van der Waals surface area contributed by atoms with Crippen molar-refractivity contribution in [2.24, 2.45) is 5.73 Å². The zero-order valence-corrected chi connectivity index (χ0v) is 6.36. The van der Waals surface area contributed by atoms with E-state index in [-0.39, 0.29) is 5.71 Å². The summed E-state index contributed by atoms with van der Waals surface area (Å²) in [5, 5.41) is 33.5. The molecule has 0 aliphatic heterocycles. The first-order chi connectivity index (χ1) is 5.00. The molecule has 0 saturated carbocycles. The summed E-state index contributed by atoms with van der Waals surface area (Å²) < 4.78 is 0. The van der Waals surface area contributed by atoms with Crippen molar-refractivity contribution in [2.75, 3.05) is 6.61 Å². The molecule has 0 aromatic rings. The maximum Gasteiger partial charge on any atom is 0.118 e. The average Bonchev–Trinajstić information content (AvgIpc) is 2.00. The molecule has 0 rings (SSSR count). The van der Waals surface area contributed by atoms with Gasteiger partial charge in [0.2, 0.25) is 0 Å². The number of hydrogen-bond donors (Lipinski definition) is 5. The monoisotopic (exact) mass is 162 g/mol. The highest BCUT2D eigenvalue weighted by Crippen LogP contribution is 1.98. The first kappa shape index (κ1) is 10.5. The van der Waals surface area contributed by atoms with Crippen molar-refractivity contribution in [2.45, 2.75) is 25.2 Å². The van der Waals surface area contributed by atoms with Crippen molar-refractivity contribution < 1.29 is 15.3 Å². The largest absolute Gasteiger partial charge is 0.395 e. The first-order valence-electron chi connectivity index (χ1n) is 3.28. The summed E-state index contributed by atoms with van der Waals surface area (Å²) in [5.41, 5.74) is 5.13. The zero-order valence-electron chi connectivity index (χ0n) is 6.36. The molecule has 0 aromatic carbocycles. The van der Waals surface area contributed by atoms with Crippen molar-refractivity contribution in [3.05, 3.63) is 0 Å². The third kappa shape index (κ3) is 2.94. The van der Waals surface area contributed by atoms with Gasteiger partial charge in [-0.15, -0.1) is 0 Å². The quantitative estimate of drug-likeness (QED) is 0.310. The molecule has 0 radical (unpaired) electrons. The van der Waals surface area contributed by atoms with Gasteiger partial charge in [0.05, 0.1) is 12.6 Å². The van der Waals surface area contributed by atoms with E-state index < -0.39 is 24.9 Å². The fourth-order valence-electron chi connectivity index (χ4n) is 0.598. The second-order valence-electron chi connectivity index (χ2n) is 2.46. The lowest BCUT2D eigenvalue weighted by atomic mass is 10.0. The Kier molecular flexibility index (Phi) is 4.20. The summed E-state index contributed by atoms with van der Waals surface area (Å²) in [5.74, 6) is 0. The van der Waals surface area contributed by atoms with Gasteiger partial charge in [-0.3, -0.25) is 0 Å². The number of aliphatic hydroxyl groups is 3. The van der Waals surface area contributed by atoms with Crippen LogP contribution in [0.25, 0.3) is 0 Å². The Hall–Kier alpha value is -0.490. The summed E-state index contributed by atoms with van der Waals surface area (Å²) in [7, 11) is 0. The Balaban J connectivity index is 4.00. The summed E-state index contributed by atoms with van der Waals surface area (Å²) in [6.07, 6.45) is -2.55. The number of nitrogens with two attached hydrogens (primary N) is 1. The summed E-state index contributed by atoms with van der Waals surface area (Å²) >= 11 is 0. The van der Waals surface area contributed by atoms with Crippen LogP contribution in [0, 0.1) is 5.41 Å². The van der Waals surface area contributed by atoms with Gasteiger partial charge in [0.25, 0.3) is 0 Å². The van der Waals surface area contributed by atoms with Crippen LogP contribution >= 0.6 is 0 Å². The topological polar surface area (TPSA) is 111 Å². The molecule has 11 heavy (non-hydrogen) atoms. The Labute approximate surface area is 65.0 Å². The van der Waals surface area contributed by atoms with Crippen LogP contribution in [-0.4, -0.2) is 45.9 Å². The minimum Gasteiger partial charge on any atom is -0.395 e. The van der Waals surface area contributed by atoms with Crippen LogP contribution in [0.15, 0.2) is 0 Å². The maximum atomic E-state index is 9.08. The summed E-state index contributed by atoms with van der Waals surface area (Å²) in [6, 6.07) is -0.898. The summed E-state index contributed by atoms with van der Waals surface area (Å²) in [4.78, 5) is 0. The van der Waals surface area contributed by atoms with Crippen molar-refractivity contribution in [3.8, 4) is 0 Å². The summed E-state index contributed by atoms with van der Waals surface area (Å²) in [6.45, 7) is 0.948. The van der Waals surface area contributed by atoms with E-state index in [2.05, 4.69) is 0 Å². The van der Waals surface area contributed by atoms with Gasteiger partial charge < -0.3 is 26.5 Å². The highest BCUT2D eigenvalue weighted by Gasteiger charge is 2.23. The minimum absolute atomic E-state index is 0.0681. The Morgan fingerprint density at radius 1 is 1.55 bits per heavy atom. The average molecular weight is 162 g/mol. The molecule has 0 heterocycles. The van der Waals surface area contributed by atoms with Crippen molar-refractivity contribution in [1.29, 1.82) is 5.41 Å². The zero-order chi connectivity index (χ0) is 9.02. The lowest BCUT2D eigenvalue weighted by Crippen LogP contribution is -2.47. The van der Waals surface area contributed by atoms with Crippen LogP contribution < -0.4 is 5.73 Å². The van der Waals surface area contributed by atoms with E-state index in [0.717, 1.165) is 0 Å². The van der Waals surface area contributed by atoms with Gasteiger partial charge in [-0.25, -0.2) is 0 Å². The molecule has 2 unspecified atom stereocenters. The van der Waals surface area contributed by atoms with Gasteiger partial charge in [-0.1, -0.05) is 0 Å². The lowest BCUT2D eigenvalue weighted by molar-refractivity contribution is 0.0262.